The lowest BCUT2D eigenvalue weighted by molar-refractivity contribution is 0.0998. The molecule has 2 aromatic carbocycles. The Morgan fingerprint density at radius 2 is 1.71 bits per heavy atom. The Labute approximate surface area is 158 Å². The fourth-order valence-electron chi connectivity index (χ4n) is 3.36. The van der Waals surface area contributed by atoms with Crippen LogP contribution in [0.15, 0.2) is 74.3 Å². The summed E-state index contributed by atoms with van der Waals surface area (Å²) < 4.78 is 11.0. The number of aryl methyl sites for hydroxylation is 1. The number of hydrogen-bond acceptors (Lipinski definition) is 5. The molecule has 0 spiro atoms. The first kappa shape index (κ1) is 16.3. The SMILES string of the molecule is Cc1cc(NC(=O)c2cc3ccccc3o2)nc2c1c(=O)oc1ccccc12. The second-order valence-electron chi connectivity index (χ2n) is 6.54. The number of carbonyl (C=O) groups is 1. The Balaban J connectivity index is 1.62. The Morgan fingerprint density at radius 1 is 0.964 bits per heavy atom. The van der Waals surface area contributed by atoms with E-state index in [-0.39, 0.29) is 5.76 Å². The van der Waals surface area contributed by atoms with E-state index < -0.39 is 11.5 Å². The van der Waals surface area contributed by atoms with E-state index in [2.05, 4.69) is 10.3 Å². The van der Waals surface area contributed by atoms with Crippen molar-refractivity contribution in [3.05, 3.63) is 82.4 Å². The normalized spacial score (nSPS) is 11.3. The van der Waals surface area contributed by atoms with Crippen LogP contribution >= 0.6 is 0 Å². The summed E-state index contributed by atoms with van der Waals surface area (Å²) in [6.07, 6.45) is 0. The lowest BCUT2D eigenvalue weighted by Crippen LogP contribution is -2.13. The predicted octanol–water partition coefficient (Wildman–Crippen LogP) is 4.65. The Morgan fingerprint density at radius 3 is 2.54 bits per heavy atom. The first-order valence-electron chi connectivity index (χ1n) is 8.73. The van der Waals surface area contributed by atoms with Crippen molar-refractivity contribution >= 4 is 44.6 Å². The molecule has 3 aromatic heterocycles. The van der Waals surface area contributed by atoms with Gasteiger partial charge < -0.3 is 14.2 Å². The third-order valence-corrected chi connectivity index (χ3v) is 4.66. The summed E-state index contributed by atoms with van der Waals surface area (Å²) in [5.41, 5.74) is 1.80. The van der Waals surface area contributed by atoms with Crippen LogP contribution in [0.1, 0.15) is 16.1 Å². The van der Waals surface area contributed by atoms with Crippen molar-refractivity contribution in [2.24, 2.45) is 0 Å². The monoisotopic (exact) mass is 370 g/mol. The van der Waals surface area contributed by atoms with Crippen LogP contribution in [0.25, 0.3) is 32.8 Å². The smallest absolute Gasteiger partial charge is 0.346 e. The number of furan rings is 1. The van der Waals surface area contributed by atoms with E-state index in [1.807, 2.05) is 30.3 Å². The fraction of sp³-hybridized carbons (Fsp3) is 0.0455. The highest BCUT2D eigenvalue weighted by Gasteiger charge is 2.16. The van der Waals surface area contributed by atoms with E-state index in [0.717, 1.165) is 5.39 Å². The van der Waals surface area contributed by atoms with Gasteiger partial charge in [0.15, 0.2) is 5.76 Å². The number of rotatable bonds is 2. The van der Waals surface area contributed by atoms with Crippen molar-refractivity contribution in [2.45, 2.75) is 6.92 Å². The molecule has 5 aromatic rings. The van der Waals surface area contributed by atoms with Gasteiger partial charge >= 0.3 is 5.63 Å². The highest BCUT2D eigenvalue weighted by Crippen LogP contribution is 2.26. The standard InChI is InChI=1S/C22H14N2O4/c1-12-10-18(24-21(25)17-11-13-6-2-4-8-15(13)27-17)23-20-14-7-3-5-9-16(14)28-22(26)19(12)20/h2-11H,1H3,(H,23,24,25). The van der Waals surface area contributed by atoms with Gasteiger partial charge in [0, 0.05) is 10.8 Å². The number of benzene rings is 2. The highest BCUT2D eigenvalue weighted by molar-refractivity contribution is 6.07. The molecular formula is C22H14N2O4. The van der Waals surface area contributed by atoms with E-state index in [4.69, 9.17) is 8.83 Å². The van der Waals surface area contributed by atoms with E-state index in [9.17, 15) is 9.59 Å². The summed E-state index contributed by atoms with van der Waals surface area (Å²) in [6, 6.07) is 17.9. The zero-order valence-corrected chi connectivity index (χ0v) is 14.9. The van der Waals surface area contributed by atoms with E-state index >= 15 is 0 Å². The summed E-state index contributed by atoms with van der Waals surface area (Å²) >= 11 is 0. The average Bonchev–Trinajstić information content (AvgIpc) is 3.12. The van der Waals surface area contributed by atoms with Crippen molar-refractivity contribution < 1.29 is 13.6 Å². The number of pyridine rings is 1. The van der Waals surface area contributed by atoms with Crippen LogP contribution in [0.5, 0.6) is 0 Å². The summed E-state index contributed by atoms with van der Waals surface area (Å²) in [7, 11) is 0. The van der Waals surface area contributed by atoms with Crippen molar-refractivity contribution in [3.8, 4) is 0 Å². The number of aromatic nitrogens is 1. The fourth-order valence-corrected chi connectivity index (χ4v) is 3.36. The van der Waals surface area contributed by atoms with E-state index in [0.29, 0.717) is 38.8 Å². The van der Waals surface area contributed by atoms with Crippen molar-refractivity contribution in [2.75, 3.05) is 5.32 Å². The van der Waals surface area contributed by atoms with Crippen molar-refractivity contribution in [3.63, 3.8) is 0 Å². The maximum absolute atomic E-state index is 12.6. The quantitative estimate of drug-likeness (QED) is 0.361. The van der Waals surface area contributed by atoms with Gasteiger partial charge in [0.05, 0.1) is 10.9 Å². The van der Waals surface area contributed by atoms with Gasteiger partial charge in [-0.15, -0.1) is 0 Å². The van der Waals surface area contributed by atoms with Gasteiger partial charge in [0.1, 0.15) is 17.0 Å². The lowest BCUT2D eigenvalue weighted by Gasteiger charge is -2.08. The number of fused-ring (bicyclic) bond motifs is 4. The van der Waals surface area contributed by atoms with Gasteiger partial charge in [-0.3, -0.25) is 4.79 Å². The minimum atomic E-state index is -0.450. The summed E-state index contributed by atoms with van der Waals surface area (Å²) in [5, 5.41) is 4.72. The van der Waals surface area contributed by atoms with E-state index in [1.165, 1.54) is 0 Å². The second kappa shape index (κ2) is 6.06. The molecule has 0 saturated heterocycles. The molecule has 0 unspecified atom stereocenters. The topological polar surface area (TPSA) is 85.3 Å². The molecule has 1 N–H and O–H groups in total. The molecule has 6 heteroatoms. The van der Waals surface area contributed by atoms with Crippen LogP contribution in [0, 0.1) is 6.92 Å². The summed E-state index contributed by atoms with van der Waals surface area (Å²) in [6.45, 7) is 1.78. The molecule has 0 aliphatic rings. The molecule has 6 nitrogen and oxygen atoms in total. The number of anilines is 1. The third-order valence-electron chi connectivity index (χ3n) is 4.66. The molecule has 28 heavy (non-hydrogen) atoms. The average molecular weight is 370 g/mol. The zero-order chi connectivity index (χ0) is 19.3. The van der Waals surface area contributed by atoms with Crippen molar-refractivity contribution in [1.82, 2.24) is 4.98 Å². The van der Waals surface area contributed by atoms with Crippen molar-refractivity contribution in [1.29, 1.82) is 0 Å². The number of para-hydroxylation sites is 2. The first-order chi connectivity index (χ1) is 13.6. The summed E-state index contributed by atoms with van der Waals surface area (Å²) in [4.78, 5) is 29.5. The van der Waals surface area contributed by atoms with Crippen LogP contribution in [0.2, 0.25) is 0 Å². The minimum Gasteiger partial charge on any atom is -0.451 e. The molecule has 0 aliphatic carbocycles. The number of hydrogen-bond donors (Lipinski definition) is 1. The highest BCUT2D eigenvalue weighted by atomic mass is 16.4. The Bertz CT molecular complexity index is 1410. The summed E-state index contributed by atoms with van der Waals surface area (Å²) in [5.74, 6) is 0.124. The van der Waals surface area contributed by atoms with E-state index in [1.54, 1.807) is 37.3 Å². The molecule has 3 heterocycles. The van der Waals surface area contributed by atoms with Crippen LogP contribution in [0.3, 0.4) is 0 Å². The lowest BCUT2D eigenvalue weighted by atomic mass is 10.1. The largest absolute Gasteiger partial charge is 0.451 e. The molecule has 0 bridgehead atoms. The van der Waals surface area contributed by atoms with Crippen LogP contribution < -0.4 is 10.9 Å². The number of amides is 1. The second-order valence-corrected chi connectivity index (χ2v) is 6.54. The molecule has 136 valence electrons. The zero-order valence-electron chi connectivity index (χ0n) is 14.9. The maximum Gasteiger partial charge on any atom is 0.346 e. The van der Waals surface area contributed by atoms with Gasteiger partial charge in [-0.1, -0.05) is 30.3 Å². The molecule has 0 saturated carbocycles. The minimum absolute atomic E-state index is 0.193. The van der Waals surface area contributed by atoms with Gasteiger partial charge in [-0.2, -0.15) is 0 Å². The number of nitrogens with one attached hydrogen (secondary N) is 1. The van der Waals surface area contributed by atoms with Crippen LogP contribution in [0.4, 0.5) is 5.82 Å². The molecule has 0 radical (unpaired) electrons. The van der Waals surface area contributed by atoms with Crippen LogP contribution in [-0.4, -0.2) is 10.9 Å². The molecular weight excluding hydrogens is 356 g/mol. The molecule has 0 fully saturated rings. The van der Waals surface area contributed by atoms with Gasteiger partial charge in [-0.05, 0) is 42.8 Å². The maximum atomic E-state index is 12.6. The molecule has 5 rings (SSSR count). The first-order valence-corrected chi connectivity index (χ1v) is 8.73. The Kier molecular flexibility index (Phi) is 3.52. The van der Waals surface area contributed by atoms with Gasteiger partial charge in [-0.25, -0.2) is 9.78 Å². The third kappa shape index (κ3) is 2.54. The molecule has 0 atom stereocenters. The van der Waals surface area contributed by atoms with Crippen LogP contribution in [-0.2, 0) is 0 Å². The Hall–Kier alpha value is -3.93. The van der Waals surface area contributed by atoms with Gasteiger partial charge in [0.2, 0.25) is 0 Å². The van der Waals surface area contributed by atoms with Gasteiger partial charge in [0.25, 0.3) is 5.91 Å². The number of carbonyl (C=O) groups excluding carboxylic acids is 1. The molecule has 0 aliphatic heterocycles. The predicted molar refractivity (Wildman–Crippen MR) is 107 cm³/mol. The number of nitrogens with zero attached hydrogens (tertiary/aromatic N) is 1. The molecule has 1 amide bonds.